The summed E-state index contributed by atoms with van der Waals surface area (Å²) in [6.45, 7) is 0.413. The highest BCUT2D eigenvalue weighted by molar-refractivity contribution is 9.10. The molecule has 3 rings (SSSR count). The molecule has 0 aliphatic heterocycles. The van der Waals surface area contributed by atoms with Crippen LogP contribution in [-0.4, -0.2) is 42.2 Å². The zero-order chi connectivity index (χ0) is 15.5. The number of nitrogens with zero attached hydrogens (tertiary/aromatic N) is 6. The van der Waals surface area contributed by atoms with Gasteiger partial charge in [0.25, 0.3) is 0 Å². The summed E-state index contributed by atoms with van der Waals surface area (Å²) in [7, 11) is 1.69. The summed E-state index contributed by atoms with van der Waals surface area (Å²) >= 11 is 3.38. The van der Waals surface area contributed by atoms with Crippen LogP contribution in [0.3, 0.4) is 0 Å². The molecule has 0 spiro atoms. The number of pyridine rings is 1. The Labute approximate surface area is 133 Å². The maximum Gasteiger partial charge on any atom is 0.320 e. The van der Waals surface area contributed by atoms with E-state index in [-0.39, 0.29) is 6.03 Å². The lowest BCUT2D eigenvalue weighted by Gasteiger charge is -2.03. The first-order valence-electron chi connectivity index (χ1n) is 6.52. The highest BCUT2D eigenvalue weighted by Crippen LogP contribution is 2.14. The molecule has 3 heterocycles. The van der Waals surface area contributed by atoms with E-state index in [1.165, 1.54) is 4.80 Å². The van der Waals surface area contributed by atoms with Gasteiger partial charge in [-0.3, -0.25) is 5.32 Å². The second-order valence-corrected chi connectivity index (χ2v) is 5.48. The summed E-state index contributed by atoms with van der Waals surface area (Å²) in [5.41, 5.74) is 0.752. The highest BCUT2D eigenvalue weighted by Gasteiger charge is 2.07. The normalized spacial score (nSPS) is 10.8. The number of imidazole rings is 1. The number of amides is 2. The molecule has 0 radical (unpaired) electrons. The summed E-state index contributed by atoms with van der Waals surface area (Å²) in [6.07, 6.45) is 4.12. The SMILES string of the molecule is Cn1nnc(CCNC(=O)Nc2cn3cc(Br)ccc3n2)n1. The standard InChI is InChI=1S/C12H13BrN8O/c1-20-18-9(17-19-20)4-5-14-12(22)16-10-7-21-6-8(13)2-3-11(21)15-10/h2-3,6-7H,4-5H2,1H3,(H2,14,16,22). The molecule has 2 amide bonds. The molecule has 0 saturated carbocycles. The molecular formula is C12H13BrN8O. The highest BCUT2D eigenvalue weighted by atomic mass is 79.9. The van der Waals surface area contributed by atoms with Crippen molar-refractivity contribution in [1.29, 1.82) is 0 Å². The van der Waals surface area contributed by atoms with E-state index in [9.17, 15) is 4.79 Å². The fourth-order valence-electron chi connectivity index (χ4n) is 1.90. The van der Waals surface area contributed by atoms with Crippen LogP contribution in [0.2, 0.25) is 0 Å². The molecule has 0 saturated heterocycles. The summed E-state index contributed by atoms with van der Waals surface area (Å²) < 4.78 is 2.76. The molecule has 0 aliphatic carbocycles. The van der Waals surface area contributed by atoms with Crippen molar-refractivity contribution in [2.24, 2.45) is 7.05 Å². The number of aromatic nitrogens is 6. The molecular weight excluding hydrogens is 352 g/mol. The van der Waals surface area contributed by atoms with Gasteiger partial charge in [0.05, 0.1) is 13.2 Å². The molecule has 10 heteroatoms. The van der Waals surface area contributed by atoms with Crippen LogP contribution in [0.15, 0.2) is 29.0 Å². The summed E-state index contributed by atoms with van der Waals surface area (Å²) in [4.78, 5) is 17.5. The van der Waals surface area contributed by atoms with Crippen molar-refractivity contribution >= 4 is 33.4 Å². The lowest BCUT2D eigenvalue weighted by molar-refractivity contribution is 0.252. The number of anilines is 1. The van der Waals surface area contributed by atoms with Crippen LogP contribution in [0.1, 0.15) is 5.82 Å². The van der Waals surface area contributed by atoms with Crippen LogP contribution in [0.25, 0.3) is 5.65 Å². The minimum Gasteiger partial charge on any atom is -0.337 e. The first-order valence-corrected chi connectivity index (χ1v) is 7.31. The van der Waals surface area contributed by atoms with Gasteiger partial charge >= 0.3 is 6.03 Å². The Morgan fingerprint density at radius 1 is 1.36 bits per heavy atom. The van der Waals surface area contributed by atoms with Crippen molar-refractivity contribution in [2.75, 3.05) is 11.9 Å². The van der Waals surface area contributed by atoms with Crippen molar-refractivity contribution in [1.82, 2.24) is 34.9 Å². The number of aryl methyl sites for hydroxylation is 1. The van der Waals surface area contributed by atoms with E-state index in [1.807, 2.05) is 22.7 Å². The van der Waals surface area contributed by atoms with Gasteiger partial charge in [-0.05, 0) is 33.3 Å². The molecule has 0 fully saturated rings. The predicted molar refractivity (Wildman–Crippen MR) is 82.4 cm³/mol. The van der Waals surface area contributed by atoms with E-state index in [0.717, 1.165) is 10.1 Å². The predicted octanol–water partition coefficient (Wildman–Crippen LogP) is 0.984. The van der Waals surface area contributed by atoms with Crippen LogP contribution in [0, 0.1) is 0 Å². The van der Waals surface area contributed by atoms with Gasteiger partial charge in [0.2, 0.25) is 0 Å². The van der Waals surface area contributed by atoms with Crippen molar-refractivity contribution < 1.29 is 4.79 Å². The zero-order valence-electron chi connectivity index (χ0n) is 11.7. The number of carbonyl (C=O) groups is 1. The second-order valence-electron chi connectivity index (χ2n) is 4.56. The molecule has 2 N–H and O–H groups in total. The largest absolute Gasteiger partial charge is 0.337 e. The molecule has 0 unspecified atom stereocenters. The maximum absolute atomic E-state index is 11.8. The Kier molecular flexibility index (Phi) is 4.00. The number of hydrogen-bond donors (Lipinski definition) is 2. The first-order chi connectivity index (χ1) is 10.6. The van der Waals surface area contributed by atoms with Gasteiger partial charge in [0, 0.05) is 23.6 Å². The number of tetrazole rings is 1. The van der Waals surface area contributed by atoms with Gasteiger partial charge in [-0.2, -0.15) is 4.80 Å². The molecule has 114 valence electrons. The number of fused-ring (bicyclic) bond motifs is 1. The lowest BCUT2D eigenvalue weighted by atomic mass is 10.4. The number of urea groups is 1. The minimum atomic E-state index is -0.327. The first kappa shape index (κ1) is 14.4. The van der Waals surface area contributed by atoms with E-state index >= 15 is 0 Å². The Morgan fingerprint density at radius 3 is 3.00 bits per heavy atom. The van der Waals surface area contributed by atoms with E-state index in [4.69, 9.17) is 0 Å². The summed E-state index contributed by atoms with van der Waals surface area (Å²) in [5.74, 6) is 1.06. The number of carbonyl (C=O) groups excluding carboxylic acids is 1. The van der Waals surface area contributed by atoms with Gasteiger partial charge < -0.3 is 9.72 Å². The van der Waals surface area contributed by atoms with Crippen molar-refractivity contribution in [2.45, 2.75) is 6.42 Å². The average molecular weight is 365 g/mol. The molecule has 0 bridgehead atoms. The van der Waals surface area contributed by atoms with E-state index < -0.39 is 0 Å². The smallest absolute Gasteiger partial charge is 0.320 e. The van der Waals surface area contributed by atoms with Gasteiger partial charge in [0.15, 0.2) is 11.6 Å². The topological polar surface area (TPSA) is 102 Å². The van der Waals surface area contributed by atoms with Crippen LogP contribution in [-0.2, 0) is 13.5 Å². The fourth-order valence-corrected chi connectivity index (χ4v) is 2.25. The molecule has 0 aliphatic rings. The van der Waals surface area contributed by atoms with Crippen LogP contribution >= 0.6 is 15.9 Å². The number of nitrogens with one attached hydrogen (secondary N) is 2. The van der Waals surface area contributed by atoms with Crippen LogP contribution < -0.4 is 10.6 Å². The molecule has 3 aromatic rings. The van der Waals surface area contributed by atoms with E-state index in [2.05, 4.69) is 47.0 Å². The van der Waals surface area contributed by atoms with E-state index in [1.54, 1.807) is 13.2 Å². The Balaban J connectivity index is 1.54. The number of halogens is 1. The summed E-state index contributed by atoms with van der Waals surface area (Å²) in [6, 6.07) is 3.42. The van der Waals surface area contributed by atoms with E-state index in [0.29, 0.717) is 24.6 Å². The fraction of sp³-hybridized carbons (Fsp3) is 0.250. The van der Waals surface area contributed by atoms with Gasteiger partial charge in [-0.1, -0.05) is 0 Å². The van der Waals surface area contributed by atoms with Gasteiger partial charge in [0.1, 0.15) is 5.65 Å². The van der Waals surface area contributed by atoms with Crippen LogP contribution in [0.5, 0.6) is 0 Å². The molecule has 0 atom stereocenters. The third-order valence-corrected chi connectivity index (χ3v) is 3.31. The molecule has 0 aromatic carbocycles. The van der Waals surface area contributed by atoms with Crippen LogP contribution in [0.4, 0.5) is 10.6 Å². The van der Waals surface area contributed by atoms with Crippen molar-refractivity contribution in [3.05, 3.63) is 34.8 Å². The maximum atomic E-state index is 11.8. The second kappa shape index (κ2) is 6.10. The quantitative estimate of drug-likeness (QED) is 0.718. The summed E-state index contributed by atoms with van der Waals surface area (Å²) in [5, 5.41) is 17.0. The Bertz CT molecular complexity index is 810. The third-order valence-electron chi connectivity index (χ3n) is 2.84. The Hall–Kier alpha value is -2.49. The lowest BCUT2D eigenvalue weighted by Crippen LogP contribution is -2.30. The average Bonchev–Trinajstić information content (AvgIpc) is 3.04. The Morgan fingerprint density at radius 2 is 2.23 bits per heavy atom. The molecule has 3 aromatic heterocycles. The number of rotatable bonds is 4. The van der Waals surface area contributed by atoms with Crippen molar-refractivity contribution in [3.8, 4) is 0 Å². The van der Waals surface area contributed by atoms with Gasteiger partial charge in [-0.15, -0.1) is 10.2 Å². The monoisotopic (exact) mass is 364 g/mol. The van der Waals surface area contributed by atoms with Crippen molar-refractivity contribution in [3.63, 3.8) is 0 Å². The minimum absolute atomic E-state index is 0.327. The molecule has 9 nitrogen and oxygen atoms in total. The van der Waals surface area contributed by atoms with Gasteiger partial charge in [-0.25, -0.2) is 9.78 Å². The zero-order valence-corrected chi connectivity index (χ0v) is 13.3. The third kappa shape index (κ3) is 3.39. The molecule has 22 heavy (non-hydrogen) atoms. The number of hydrogen-bond acceptors (Lipinski definition) is 5.